The zero-order chi connectivity index (χ0) is 20.2. The van der Waals surface area contributed by atoms with Gasteiger partial charge in [-0.25, -0.2) is 9.97 Å². The number of rotatable bonds is 5. The monoisotopic (exact) mass is 392 g/mol. The van der Waals surface area contributed by atoms with Gasteiger partial charge in [0.1, 0.15) is 5.82 Å². The second kappa shape index (κ2) is 9.04. The maximum atomic E-state index is 11.7. The molecule has 0 spiro atoms. The van der Waals surface area contributed by atoms with Crippen molar-refractivity contribution in [1.82, 2.24) is 19.8 Å². The molecule has 2 aliphatic rings. The summed E-state index contributed by atoms with van der Waals surface area (Å²) in [5.41, 5.74) is 3.90. The first-order chi connectivity index (χ1) is 14.1. The average Bonchev–Trinajstić information content (AvgIpc) is 2.77. The lowest BCUT2D eigenvalue weighted by atomic mass is 9.96. The highest BCUT2D eigenvalue weighted by Gasteiger charge is 2.26. The van der Waals surface area contributed by atoms with Gasteiger partial charge < -0.3 is 4.90 Å². The Morgan fingerprint density at radius 2 is 2.07 bits per heavy atom. The quantitative estimate of drug-likeness (QED) is 0.777. The van der Waals surface area contributed by atoms with Crippen molar-refractivity contribution in [3.8, 4) is 0 Å². The third kappa shape index (κ3) is 4.84. The van der Waals surface area contributed by atoms with Crippen LogP contribution >= 0.6 is 0 Å². The van der Waals surface area contributed by atoms with Crippen molar-refractivity contribution in [3.05, 3.63) is 59.2 Å². The number of benzene rings is 1. The minimum absolute atomic E-state index is 0.160. The van der Waals surface area contributed by atoms with Gasteiger partial charge in [0.25, 0.3) is 0 Å². The van der Waals surface area contributed by atoms with Crippen LogP contribution in [0.3, 0.4) is 0 Å². The molecule has 4 rings (SSSR count). The normalized spacial score (nSPS) is 20.9. The number of nitrogens with zero attached hydrogens (tertiary/aromatic N) is 4. The first-order valence-corrected chi connectivity index (χ1v) is 11.0. The Kier molecular flexibility index (Phi) is 6.24. The molecule has 0 radical (unpaired) electrons. The molecule has 154 valence electrons. The van der Waals surface area contributed by atoms with E-state index in [-0.39, 0.29) is 11.8 Å². The standard InChI is InChI=1S/C24H32N4O/c1-18(20-7-4-3-5-8-20)10-13-27-14-11-23-22(16-27)15-25-24(26-23)21-9-6-12-28(17-21)19(2)29/h3-5,7-8,15,18,21H,6,9-14,16-17H2,1-2H3/t18-,21+/m0/s1. The SMILES string of the molecule is CC(=O)N1CCC[C@@H](c2ncc3c(n2)CCN(CC[C@H](C)c2ccccc2)C3)C1. The molecule has 1 aromatic carbocycles. The second-order valence-corrected chi connectivity index (χ2v) is 8.63. The van der Waals surface area contributed by atoms with E-state index >= 15 is 0 Å². The molecule has 1 fully saturated rings. The first-order valence-electron chi connectivity index (χ1n) is 11.0. The summed E-state index contributed by atoms with van der Waals surface area (Å²) in [4.78, 5) is 25.8. The molecule has 0 unspecified atom stereocenters. The number of piperidine rings is 1. The minimum Gasteiger partial charge on any atom is -0.342 e. The zero-order valence-electron chi connectivity index (χ0n) is 17.7. The Balaban J connectivity index is 1.35. The molecule has 5 nitrogen and oxygen atoms in total. The van der Waals surface area contributed by atoms with E-state index in [0.29, 0.717) is 5.92 Å². The number of amides is 1. The predicted molar refractivity (Wildman–Crippen MR) is 115 cm³/mol. The van der Waals surface area contributed by atoms with Gasteiger partial charge in [-0.2, -0.15) is 0 Å². The molecule has 1 amide bonds. The highest BCUT2D eigenvalue weighted by atomic mass is 16.2. The predicted octanol–water partition coefficient (Wildman–Crippen LogP) is 3.75. The summed E-state index contributed by atoms with van der Waals surface area (Å²) in [5.74, 6) is 1.95. The summed E-state index contributed by atoms with van der Waals surface area (Å²) < 4.78 is 0. The fourth-order valence-electron chi connectivity index (χ4n) is 4.58. The van der Waals surface area contributed by atoms with Crippen molar-refractivity contribution in [2.75, 3.05) is 26.2 Å². The molecule has 0 bridgehead atoms. The van der Waals surface area contributed by atoms with Gasteiger partial charge in [-0.05, 0) is 37.3 Å². The average molecular weight is 393 g/mol. The van der Waals surface area contributed by atoms with Gasteiger partial charge in [0, 0.05) is 62.9 Å². The van der Waals surface area contributed by atoms with E-state index in [0.717, 1.165) is 57.8 Å². The molecule has 1 saturated heterocycles. The summed E-state index contributed by atoms with van der Waals surface area (Å²) >= 11 is 0. The Morgan fingerprint density at radius 3 is 2.86 bits per heavy atom. The maximum Gasteiger partial charge on any atom is 0.219 e. The van der Waals surface area contributed by atoms with Gasteiger partial charge in [0.15, 0.2) is 0 Å². The van der Waals surface area contributed by atoms with Crippen LogP contribution in [-0.2, 0) is 17.8 Å². The van der Waals surface area contributed by atoms with E-state index in [2.05, 4.69) is 42.2 Å². The number of likely N-dealkylation sites (tertiary alicyclic amines) is 1. The lowest BCUT2D eigenvalue weighted by Gasteiger charge is -2.32. The number of carbonyl (C=O) groups excluding carboxylic acids is 1. The van der Waals surface area contributed by atoms with Crippen LogP contribution in [0, 0.1) is 0 Å². The Labute approximate surface area is 174 Å². The molecule has 2 aliphatic heterocycles. The van der Waals surface area contributed by atoms with Crippen molar-refractivity contribution in [1.29, 1.82) is 0 Å². The smallest absolute Gasteiger partial charge is 0.219 e. The highest BCUT2D eigenvalue weighted by Crippen LogP contribution is 2.27. The van der Waals surface area contributed by atoms with E-state index in [1.807, 2.05) is 11.1 Å². The van der Waals surface area contributed by atoms with Gasteiger partial charge >= 0.3 is 0 Å². The minimum atomic E-state index is 0.160. The number of hydrogen-bond acceptors (Lipinski definition) is 4. The lowest BCUT2D eigenvalue weighted by Crippen LogP contribution is -2.38. The van der Waals surface area contributed by atoms with Crippen LogP contribution in [0.2, 0.25) is 0 Å². The van der Waals surface area contributed by atoms with E-state index in [9.17, 15) is 4.79 Å². The lowest BCUT2D eigenvalue weighted by molar-refractivity contribution is -0.130. The van der Waals surface area contributed by atoms with Crippen LogP contribution < -0.4 is 0 Å². The summed E-state index contributed by atoms with van der Waals surface area (Å²) in [6, 6.07) is 10.8. The first kappa shape index (κ1) is 20.0. The third-order valence-corrected chi connectivity index (χ3v) is 6.51. The topological polar surface area (TPSA) is 49.3 Å². The molecule has 0 N–H and O–H groups in total. The summed E-state index contributed by atoms with van der Waals surface area (Å²) in [6.07, 6.45) is 6.32. The van der Waals surface area contributed by atoms with Gasteiger partial charge in [0.2, 0.25) is 5.91 Å². The van der Waals surface area contributed by atoms with Crippen molar-refractivity contribution < 1.29 is 4.79 Å². The highest BCUT2D eigenvalue weighted by molar-refractivity contribution is 5.73. The van der Waals surface area contributed by atoms with Crippen molar-refractivity contribution in [2.45, 2.75) is 57.9 Å². The molecule has 2 aromatic rings. The van der Waals surface area contributed by atoms with Crippen molar-refractivity contribution in [2.24, 2.45) is 0 Å². The van der Waals surface area contributed by atoms with Crippen LogP contribution in [0.5, 0.6) is 0 Å². The van der Waals surface area contributed by atoms with Crippen molar-refractivity contribution in [3.63, 3.8) is 0 Å². The molecule has 0 aliphatic carbocycles. The second-order valence-electron chi connectivity index (χ2n) is 8.63. The number of carbonyl (C=O) groups is 1. The number of fused-ring (bicyclic) bond motifs is 1. The van der Waals surface area contributed by atoms with Crippen LogP contribution in [-0.4, -0.2) is 51.9 Å². The van der Waals surface area contributed by atoms with Gasteiger partial charge in [-0.3, -0.25) is 9.69 Å². The fraction of sp³-hybridized carbons (Fsp3) is 0.542. The molecule has 29 heavy (non-hydrogen) atoms. The van der Waals surface area contributed by atoms with E-state index in [1.165, 1.54) is 23.2 Å². The number of hydrogen-bond donors (Lipinski definition) is 0. The fourth-order valence-corrected chi connectivity index (χ4v) is 4.58. The van der Waals surface area contributed by atoms with Gasteiger partial charge in [-0.15, -0.1) is 0 Å². The third-order valence-electron chi connectivity index (χ3n) is 6.51. The molecular weight excluding hydrogens is 360 g/mol. The number of aromatic nitrogens is 2. The maximum absolute atomic E-state index is 11.7. The molecular formula is C24H32N4O. The molecule has 0 saturated carbocycles. The molecule has 3 heterocycles. The van der Waals surface area contributed by atoms with Crippen LogP contribution in [0.25, 0.3) is 0 Å². The zero-order valence-corrected chi connectivity index (χ0v) is 17.7. The van der Waals surface area contributed by atoms with Crippen LogP contribution in [0.4, 0.5) is 0 Å². The van der Waals surface area contributed by atoms with Gasteiger partial charge in [0.05, 0.1) is 0 Å². The van der Waals surface area contributed by atoms with Crippen LogP contribution in [0.15, 0.2) is 36.5 Å². The summed E-state index contributed by atoms with van der Waals surface area (Å²) in [6.45, 7) is 8.72. The Hall–Kier alpha value is -2.27. The largest absolute Gasteiger partial charge is 0.342 e. The summed E-state index contributed by atoms with van der Waals surface area (Å²) in [7, 11) is 0. The van der Waals surface area contributed by atoms with Crippen molar-refractivity contribution >= 4 is 5.91 Å². The van der Waals surface area contributed by atoms with E-state index in [4.69, 9.17) is 9.97 Å². The molecule has 5 heteroatoms. The van der Waals surface area contributed by atoms with Gasteiger partial charge in [-0.1, -0.05) is 37.3 Å². The molecule has 1 aromatic heterocycles. The Morgan fingerprint density at radius 1 is 1.24 bits per heavy atom. The van der Waals surface area contributed by atoms with E-state index in [1.54, 1.807) is 6.92 Å². The summed E-state index contributed by atoms with van der Waals surface area (Å²) in [5, 5.41) is 0. The Bertz CT molecular complexity index is 838. The van der Waals surface area contributed by atoms with E-state index < -0.39 is 0 Å². The molecule has 2 atom stereocenters. The van der Waals surface area contributed by atoms with Crippen LogP contribution in [0.1, 0.15) is 67.6 Å².